The van der Waals surface area contributed by atoms with Gasteiger partial charge >= 0.3 is 12.1 Å². The second-order valence-electron chi connectivity index (χ2n) is 8.56. The molecule has 0 aromatic heterocycles. The predicted octanol–water partition coefficient (Wildman–Crippen LogP) is 5.11. The summed E-state index contributed by atoms with van der Waals surface area (Å²) in [5.41, 5.74) is 3.88. The molecule has 9 nitrogen and oxygen atoms in total. The van der Waals surface area contributed by atoms with E-state index in [2.05, 4.69) is 5.32 Å². The van der Waals surface area contributed by atoms with E-state index in [0.717, 1.165) is 22.3 Å². The number of nitrogens with one attached hydrogen (secondary N) is 1. The number of fused-ring (bicyclic) bond motifs is 3. The van der Waals surface area contributed by atoms with Crippen LogP contribution < -0.4 is 5.32 Å². The predicted molar refractivity (Wildman–Crippen MR) is 133 cm³/mol. The molecule has 1 unspecified atom stereocenters. The number of phenols is 1. The lowest BCUT2D eigenvalue weighted by molar-refractivity contribution is -0.386. The highest BCUT2D eigenvalue weighted by molar-refractivity contribution is 6.33. The third-order valence-electron chi connectivity index (χ3n) is 6.51. The van der Waals surface area contributed by atoms with Crippen LogP contribution in [0.2, 0.25) is 5.02 Å². The van der Waals surface area contributed by atoms with Crippen LogP contribution in [0.5, 0.6) is 5.75 Å². The van der Waals surface area contributed by atoms with Crippen molar-refractivity contribution in [3.05, 3.63) is 91.5 Å². The molecule has 0 radical (unpaired) electrons. The van der Waals surface area contributed by atoms with Gasteiger partial charge in [-0.3, -0.25) is 10.1 Å². The minimum Gasteiger partial charge on any atom is -0.506 e. The topological polar surface area (TPSA) is 139 Å². The van der Waals surface area contributed by atoms with Crippen molar-refractivity contribution >= 4 is 29.4 Å². The van der Waals surface area contributed by atoms with Crippen molar-refractivity contribution < 1.29 is 29.5 Å². The van der Waals surface area contributed by atoms with Crippen LogP contribution in [0.1, 0.15) is 33.7 Å². The molecule has 0 saturated carbocycles. The van der Waals surface area contributed by atoms with Gasteiger partial charge in [-0.2, -0.15) is 0 Å². The first-order chi connectivity index (χ1) is 17.1. The Morgan fingerprint density at radius 3 is 2.17 bits per heavy atom. The van der Waals surface area contributed by atoms with Crippen molar-refractivity contribution in [2.45, 2.75) is 32.2 Å². The second kappa shape index (κ2) is 9.87. The standard InChI is InChI=1S/C26H23ClN2O7/c1-13-19(24(30)22(27)14(2)23(13)29(34)35)11-21(25(31)32)28-26(33)36-12-20-17-9-5-3-7-15(17)16-8-4-6-10-18(16)20/h3-10,20-21,30H,11-12H2,1-2H3,(H,28,33)(H,31,32). The number of carbonyl (C=O) groups is 2. The monoisotopic (exact) mass is 510 g/mol. The molecule has 186 valence electrons. The summed E-state index contributed by atoms with van der Waals surface area (Å²) in [7, 11) is 0. The van der Waals surface area contributed by atoms with Crippen LogP contribution in [0, 0.1) is 24.0 Å². The zero-order valence-corrected chi connectivity index (χ0v) is 20.2. The number of ether oxygens (including phenoxy) is 1. The Morgan fingerprint density at radius 1 is 1.08 bits per heavy atom. The molecule has 0 bridgehead atoms. The van der Waals surface area contributed by atoms with Crippen LogP contribution in [0.3, 0.4) is 0 Å². The van der Waals surface area contributed by atoms with E-state index in [4.69, 9.17) is 16.3 Å². The van der Waals surface area contributed by atoms with Gasteiger partial charge in [-0.05, 0) is 36.1 Å². The average molecular weight is 511 g/mol. The minimum absolute atomic E-state index is 0.0156. The van der Waals surface area contributed by atoms with Crippen LogP contribution in [0.15, 0.2) is 48.5 Å². The molecule has 0 heterocycles. The Labute approximate surface area is 211 Å². The summed E-state index contributed by atoms with van der Waals surface area (Å²) in [6, 6.07) is 14.1. The van der Waals surface area contributed by atoms with Gasteiger partial charge in [-0.15, -0.1) is 0 Å². The fourth-order valence-corrected chi connectivity index (χ4v) is 4.93. The van der Waals surface area contributed by atoms with Gasteiger partial charge in [0.05, 0.1) is 9.95 Å². The van der Waals surface area contributed by atoms with Gasteiger partial charge in [0.15, 0.2) is 0 Å². The Bertz CT molecular complexity index is 1340. The lowest BCUT2D eigenvalue weighted by Gasteiger charge is -2.19. The van der Waals surface area contributed by atoms with E-state index in [1.165, 1.54) is 13.8 Å². The number of carbonyl (C=O) groups excluding carboxylic acids is 1. The molecule has 4 rings (SSSR count). The molecular weight excluding hydrogens is 488 g/mol. The number of nitrogens with zero attached hydrogens (tertiary/aromatic N) is 1. The lowest BCUT2D eigenvalue weighted by Crippen LogP contribution is -2.43. The molecule has 0 saturated heterocycles. The first kappa shape index (κ1) is 25.0. The maximum Gasteiger partial charge on any atom is 0.407 e. The van der Waals surface area contributed by atoms with Gasteiger partial charge in [0, 0.05) is 29.0 Å². The Balaban J connectivity index is 1.52. The van der Waals surface area contributed by atoms with E-state index in [0.29, 0.717) is 0 Å². The number of amides is 1. The third-order valence-corrected chi connectivity index (χ3v) is 6.97. The molecule has 3 aromatic rings. The number of aliphatic carboxylic acids is 1. The summed E-state index contributed by atoms with van der Waals surface area (Å²) in [4.78, 5) is 35.4. The summed E-state index contributed by atoms with van der Waals surface area (Å²) in [5, 5.41) is 33.7. The largest absolute Gasteiger partial charge is 0.506 e. The molecule has 1 aliphatic rings. The number of carboxylic acid groups (broad SMARTS) is 1. The number of nitro groups is 1. The fourth-order valence-electron chi connectivity index (χ4n) is 4.73. The first-order valence-electron chi connectivity index (χ1n) is 11.1. The molecular formula is C26H23ClN2O7. The number of halogens is 1. The number of carboxylic acids is 1. The summed E-state index contributed by atoms with van der Waals surface area (Å²) in [6.07, 6.45) is -1.40. The van der Waals surface area contributed by atoms with Crippen molar-refractivity contribution in [1.82, 2.24) is 5.32 Å². The zero-order chi connectivity index (χ0) is 26.1. The second-order valence-corrected chi connectivity index (χ2v) is 8.94. The summed E-state index contributed by atoms with van der Waals surface area (Å²) >= 11 is 6.06. The van der Waals surface area contributed by atoms with E-state index in [1.54, 1.807) is 0 Å². The number of aromatic hydroxyl groups is 1. The molecule has 0 aliphatic heterocycles. The van der Waals surface area contributed by atoms with E-state index < -0.39 is 35.2 Å². The van der Waals surface area contributed by atoms with Crippen molar-refractivity contribution in [2.75, 3.05) is 6.61 Å². The minimum atomic E-state index is -1.52. The summed E-state index contributed by atoms with van der Waals surface area (Å²) < 4.78 is 5.41. The maximum atomic E-state index is 12.6. The van der Waals surface area contributed by atoms with Gasteiger partial charge < -0.3 is 20.3 Å². The highest BCUT2D eigenvalue weighted by Gasteiger charge is 2.32. The van der Waals surface area contributed by atoms with E-state index in [9.17, 15) is 29.9 Å². The number of nitro benzene ring substituents is 1. The van der Waals surface area contributed by atoms with Gasteiger partial charge in [0.2, 0.25) is 0 Å². The molecule has 3 aromatic carbocycles. The molecule has 36 heavy (non-hydrogen) atoms. The van der Waals surface area contributed by atoms with E-state index in [-0.39, 0.29) is 39.9 Å². The highest BCUT2D eigenvalue weighted by atomic mass is 35.5. The van der Waals surface area contributed by atoms with Crippen LogP contribution in [0.25, 0.3) is 11.1 Å². The number of phenolic OH excluding ortho intramolecular Hbond substituents is 1. The molecule has 10 heteroatoms. The summed E-state index contributed by atoms with van der Waals surface area (Å²) in [5.74, 6) is -2.07. The van der Waals surface area contributed by atoms with Crippen LogP contribution in [-0.2, 0) is 16.0 Å². The van der Waals surface area contributed by atoms with Gasteiger partial charge in [0.25, 0.3) is 5.69 Å². The smallest absolute Gasteiger partial charge is 0.407 e. The van der Waals surface area contributed by atoms with Crippen molar-refractivity contribution in [3.63, 3.8) is 0 Å². The van der Waals surface area contributed by atoms with E-state index >= 15 is 0 Å². The fraction of sp³-hybridized carbons (Fsp3) is 0.231. The zero-order valence-electron chi connectivity index (χ0n) is 19.4. The molecule has 1 atom stereocenters. The SMILES string of the molecule is Cc1c(Cl)c(O)c(CC(NC(=O)OCC2c3ccccc3-c3ccccc32)C(=O)O)c(C)c1[N+](=O)[O-]. The van der Waals surface area contributed by atoms with E-state index in [1.807, 2.05) is 48.5 Å². The van der Waals surface area contributed by atoms with Crippen molar-refractivity contribution in [2.24, 2.45) is 0 Å². The number of hydrogen-bond acceptors (Lipinski definition) is 6. The number of alkyl carbamates (subject to hydrolysis) is 1. The van der Waals surface area contributed by atoms with Crippen LogP contribution in [0.4, 0.5) is 10.5 Å². The molecule has 3 N–H and O–H groups in total. The maximum absolute atomic E-state index is 12.6. The summed E-state index contributed by atoms with van der Waals surface area (Å²) in [6.45, 7) is 2.77. The normalized spacial score (nSPS) is 13.0. The van der Waals surface area contributed by atoms with Crippen molar-refractivity contribution in [1.29, 1.82) is 0 Å². The van der Waals surface area contributed by atoms with Gasteiger partial charge in [-0.1, -0.05) is 60.1 Å². The first-order valence-corrected chi connectivity index (χ1v) is 11.5. The molecule has 0 spiro atoms. The average Bonchev–Trinajstić information content (AvgIpc) is 3.16. The number of hydrogen-bond donors (Lipinski definition) is 3. The molecule has 1 amide bonds. The third kappa shape index (κ3) is 4.45. The highest BCUT2D eigenvalue weighted by Crippen LogP contribution is 2.44. The quantitative estimate of drug-likeness (QED) is 0.296. The number of rotatable bonds is 7. The van der Waals surface area contributed by atoms with Crippen molar-refractivity contribution in [3.8, 4) is 16.9 Å². The Hall–Kier alpha value is -4.11. The van der Waals surface area contributed by atoms with Crippen LogP contribution in [-0.4, -0.2) is 39.8 Å². The number of benzene rings is 3. The Kier molecular flexibility index (Phi) is 6.85. The lowest BCUT2D eigenvalue weighted by atomic mass is 9.96. The molecule has 0 fully saturated rings. The van der Waals surface area contributed by atoms with Gasteiger partial charge in [0.1, 0.15) is 18.4 Å². The Morgan fingerprint density at radius 2 is 1.64 bits per heavy atom. The van der Waals surface area contributed by atoms with Crippen LogP contribution >= 0.6 is 11.6 Å². The molecule has 1 aliphatic carbocycles. The van der Waals surface area contributed by atoms with Gasteiger partial charge in [-0.25, -0.2) is 9.59 Å².